The second kappa shape index (κ2) is 7.85. The molecule has 0 amide bonds. The van der Waals surface area contributed by atoms with Crippen LogP contribution in [0.15, 0.2) is 69.5 Å². The highest BCUT2D eigenvalue weighted by atomic mass is 16.5. The van der Waals surface area contributed by atoms with Gasteiger partial charge in [-0.25, -0.2) is 0 Å². The summed E-state index contributed by atoms with van der Waals surface area (Å²) in [5.74, 6) is 2.15. The van der Waals surface area contributed by atoms with E-state index in [0.29, 0.717) is 29.9 Å². The van der Waals surface area contributed by atoms with Crippen molar-refractivity contribution in [3.05, 3.63) is 91.7 Å². The van der Waals surface area contributed by atoms with Crippen molar-refractivity contribution in [2.75, 3.05) is 0 Å². The van der Waals surface area contributed by atoms with Crippen LogP contribution in [0.25, 0.3) is 21.8 Å². The lowest BCUT2D eigenvalue weighted by molar-refractivity contribution is 0.0729. The van der Waals surface area contributed by atoms with E-state index in [-0.39, 0.29) is 17.0 Å². The first-order valence-electron chi connectivity index (χ1n) is 12.4. The minimum atomic E-state index is -0.413. The number of fused-ring (bicyclic) bond motifs is 6. The Morgan fingerprint density at radius 2 is 1.50 bits per heavy atom. The van der Waals surface area contributed by atoms with Gasteiger partial charge in [0.1, 0.15) is 22.9 Å². The molecule has 0 radical (unpaired) electrons. The first kappa shape index (κ1) is 22.7. The Morgan fingerprint density at radius 3 is 2.17 bits per heavy atom. The van der Waals surface area contributed by atoms with E-state index in [1.54, 1.807) is 16.2 Å². The van der Waals surface area contributed by atoms with Crippen LogP contribution in [0.2, 0.25) is 0 Å². The summed E-state index contributed by atoms with van der Waals surface area (Å²) in [4.78, 5) is 26.6. The molecule has 6 rings (SSSR count). The zero-order valence-electron chi connectivity index (χ0n) is 21.3. The standard InChI is InChI=1S/C30H30N2O4/c1-17(24-15-21-26(35-24)19-10-6-8-12-22(19)31(4)28(21)33)14-18-16-30(2,3)36-27-20-11-7-9-13-23(20)32(5)29(34)25(18)27/h6-13,18H,14-16H2,1-5H3/b24-17+. The van der Waals surface area contributed by atoms with E-state index in [1.807, 2.05) is 55.6 Å². The van der Waals surface area contributed by atoms with Gasteiger partial charge in [-0.2, -0.15) is 0 Å². The number of benzene rings is 2. The van der Waals surface area contributed by atoms with Crippen LogP contribution in [0.4, 0.5) is 0 Å². The predicted molar refractivity (Wildman–Crippen MR) is 142 cm³/mol. The van der Waals surface area contributed by atoms with Crippen LogP contribution in [0.3, 0.4) is 0 Å². The van der Waals surface area contributed by atoms with Crippen molar-refractivity contribution in [2.45, 2.75) is 51.6 Å². The van der Waals surface area contributed by atoms with Gasteiger partial charge in [-0.15, -0.1) is 0 Å². The average Bonchev–Trinajstić information content (AvgIpc) is 3.31. The molecule has 0 aliphatic carbocycles. The van der Waals surface area contributed by atoms with Crippen LogP contribution in [0.5, 0.6) is 11.5 Å². The fourth-order valence-electron chi connectivity index (χ4n) is 5.99. The van der Waals surface area contributed by atoms with Gasteiger partial charge in [0, 0.05) is 37.2 Å². The first-order chi connectivity index (χ1) is 17.2. The van der Waals surface area contributed by atoms with Crippen molar-refractivity contribution in [3.63, 3.8) is 0 Å². The van der Waals surface area contributed by atoms with E-state index in [2.05, 4.69) is 20.8 Å². The lowest BCUT2D eigenvalue weighted by atomic mass is 9.80. The lowest BCUT2D eigenvalue weighted by Crippen LogP contribution is -2.39. The van der Waals surface area contributed by atoms with Gasteiger partial charge in [-0.1, -0.05) is 24.3 Å². The molecule has 2 aliphatic heterocycles. The van der Waals surface area contributed by atoms with Gasteiger partial charge in [-0.05, 0) is 63.5 Å². The van der Waals surface area contributed by atoms with E-state index < -0.39 is 5.60 Å². The zero-order chi connectivity index (χ0) is 25.4. The Balaban J connectivity index is 1.45. The third kappa shape index (κ3) is 3.31. The molecule has 2 aromatic carbocycles. The van der Waals surface area contributed by atoms with Crippen molar-refractivity contribution in [1.82, 2.24) is 9.13 Å². The Morgan fingerprint density at radius 1 is 0.917 bits per heavy atom. The molecule has 6 nitrogen and oxygen atoms in total. The highest BCUT2D eigenvalue weighted by molar-refractivity contribution is 5.88. The first-order valence-corrected chi connectivity index (χ1v) is 12.4. The molecule has 0 spiro atoms. The third-order valence-corrected chi connectivity index (χ3v) is 7.75. The van der Waals surface area contributed by atoms with Gasteiger partial charge in [0.05, 0.1) is 22.2 Å². The van der Waals surface area contributed by atoms with Crippen LogP contribution in [0, 0.1) is 0 Å². The summed E-state index contributed by atoms with van der Waals surface area (Å²) in [5, 5.41) is 1.90. The van der Waals surface area contributed by atoms with Gasteiger partial charge in [0.2, 0.25) is 0 Å². The molecule has 0 saturated heterocycles. The maximum atomic E-state index is 13.6. The SMILES string of the molecule is C/C(CC1CC(C)(C)Oc2c1c(=O)n(C)c1ccccc21)=C1/Cc2c(c3ccccc3n(C)c2=O)O1. The smallest absolute Gasteiger partial charge is 0.258 e. The van der Waals surface area contributed by atoms with Crippen molar-refractivity contribution >= 4 is 21.8 Å². The molecule has 184 valence electrons. The Labute approximate surface area is 209 Å². The van der Waals surface area contributed by atoms with Gasteiger partial charge in [0.15, 0.2) is 0 Å². The molecular formula is C30H30N2O4. The van der Waals surface area contributed by atoms with E-state index in [9.17, 15) is 9.59 Å². The van der Waals surface area contributed by atoms with Crippen molar-refractivity contribution in [3.8, 4) is 11.5 Å². The van der Waals surface area contributed by atoms with Crippen LogP contribution in [-0.4, -0.2) is 14.7 Å². The lowest BCUT2D eigenvalue weighted by Gasteiger charge is -2.38. The summed E-state index contributed by atoms with van der Waals surface area (Å²) in [6, 6.07) is 15.7. The molecule has 0 bridgehead atoms. The summed E-state index contributed by atoms with van der Waals surface area (Å²) in [5.41, 5.74) is 3.75. The third-order valence-electron chi connectivity index (χ3n) is 7.75. The van der Waals surface area contributed by atoms with Crippen LogP contribution >= 0.6 is 0 Å². The van der Waals surface area contributed by atoms with E-state index >= 15 is 0 Å². The summed E-state index contributed by atoms with van der Waals surface area (Å²) in [6.45, 7) is 6.21. The molecule has 2 aromatic heterocycles. The van der Waals surface area contributed by atoms with E-state index in [1.165, 1.54) is 0 Å². The summed E-state index contributed by atoms with van der Waals surface area (Å²) < 4.78 is 16.2. The minimum Gasteiger partial charge on any atom is -0.487 e. The Hall–Kier alpha value is -3.80. The second-order valence-electron chi connectivity index (χ2n) is 10.8. The Bertz CT molecular complexity index is 1720. The van der Waals surface area contributed by atoms with Gasteiger partial charge >= 0.3 is 0 Å². The average molecular weight is 483 g/mol. The molecule has 0 saturated carbocycles. The minimum absolute atomic E-state index is 0.0162. The number of nitrogens with zero attached hydrogens (tertiary/aromatic N) is 2. The highest BCUT2D eigenvalue weighted by Gasteiger charge is 2.38. The molecule has 4 aromatic rings. The van der Waals surface area contributed by atoms with Gasteiger partial charge < -0.3 is 18.6 Å². The van der Waals surface area contributed by atoms with Crippen molar-refractivity contribution < 1.29 is 9.47 Å². The number of aryl methyl sites for hydroxylation is 2. The number of para-hydroxylation sites is 2. The molecule has 1 atom stereocenters. The molecule has 6 heteroatoms. The molecule has 36 heavy (non-hydrogen) atoms. The molecule has 0 N–H and O–H groups in total. The van der Waals surface area contributed by atoms with Gasteiger partial charge in [-0.3, -0.25) is 9.59 Å². The van der Waals surface area contributed by atoms with Crippen LogP contribution < -0.4 is 20.6 Å². The van der Waals surface area contributed by atoms with E-state index in [0.717, 1.165) is 45.1 Å². The summed E-state index contributed by atoms with van der Waals surface area (Å²) in [6.07, 6.45) is 1.85. The predicted octanol–water partition coefficient (Wildman–Crippen LogP) is 5.33. The number of allylic oxidation sites excluding steroid dienone is 2. The van der Waals surface area contributed by atoms with Crippen LogP contribution in [0.1, 0.15) is 50.7 Å². The van der Waals surface area contributed by atoms with Crippen molar-refractivity contribution in [2.24, 2.45) is 14.1 Å². The molecule has 2 aliphatic rings. The summed E-state index contributed by atoms with van der Waals surface area (Å²) >= 11 is 0. The monoisotopic (exact) mass is 482 g/mol. The molecule has 4 heterocycles. The second-order valence-corrected chi connectivity index (χ2v) is 10.8. The number of hydrogen-bond donors (Lipinski definition) is 0. The maximum absolute atomic E-state index is 13.6. The number of ether oxygens (including phenoxy) is 2. The number of aromatic nitrogens is 2. The van der Waals surface area contributed by atoms with E-state index in [4.69, 9.17) is 9.47 Å². The maximum Gasteiger partial charge on any atom is 0.258 e. The quantitative estimate of drug-likeness (QED) is 0.387. The van der Waals surface area contributed by atoms with Crippen LogP contribution in [-0.2, 0) is 20.5 Å². The summed E-state index contributed by atoms with van der Waals surface area (Å²) in [7, 11) is 3.63. The largest absolute Gasteiger partial charge is 0.487 e. The normalized spacial score (nSPS) is 19.5. The Kier molecular flexibility index (Phi) is 4.94. The fourth-order valence-corrected chi connectivity index (χ4v) is 5.99. The molecule has 0 fully saturated rings. The fraction of sp³-hybridized carbons (Fsp3) is 0.333. The highest BCUT2D eigenvalue weighted by Crippen LogP contribution is 2.46. The number of hydrogen-bond acceptors (Lipinski definition) is 4. The van der Waals surface area contributed by atoms with Gasteiger partial charge in [0.25, 0.3) is 11.1 Å². The zero-order valence-corrected chi connectivity index (χ0v) is 21.3. The van der Waals surface area contributed by atoms with Crippen molar-refractivity contribution in [1.29, 1.82) is 0 Å². The number of pyridine rings is 2. The molecular weight excluding hydrogens is 452 g/mol. The topological polar surface area (TPSA) is 62.5 Å². The number of rotatable bonds is 2. The molecule has 1 unspecified atom stereocenters.